The minimum Gasteiger partial charge on any atom is -0.463 e. The number of esters is 1. The normalized spacial score (nSPS) is 24.7. The van der Waals surface area contributed by atoms with Crippen molar-refractivity contribution in [2.45, 2.75) is 32.2 Å². The van der Waals surface area contributed by atoms with Crippen LogP contribution in [0.2, 0.25) is 0 Å². The van der Waals surface area contributed by atoms with E-state index in [2.05, 4.69) is 5.32 Å². The maximum atomic E-state index is 12.6. The SMILES string of the molecule is CCOC(=O)C1=C(C)N[C@@H]2CC=CC(=O)[C@@H]2[C@H]1c1ccc([N+](=O)[O-])cc1. The van der Waals surface area contributed by atoms with Crippen molar-refractivity contribution in [3.05, 3.63) is 63.4 Å². The van der Waals surface area contributed by atoms with E-state index in [0.717, 1.165) is 0 Å². The van der Waals surface area contributed by atoms with Gasteiger partial charge >= 0.3 is 5.97 Å². The molecule has 1 aliphatic heterocycles. The molecular formula is C19H20N2O5. The van der Waals surface area contributed by atoms with Crippen molar-refractivity contribution in [3.63, 3.8) is 0 Å². The number of allylic oxidation sites excluding steroid dienone is 2. The smallest absolute Gasteiger partial charge is 0.336 e. The van der Waals surface area contributed by atoms with Crippen molar-refractivity contribution in [2.24, 2.45) is 5.92 Å². The molecular weight excluding hydrogens is 336 g/mol. The van der Waals surface area contributed by atoms with Crippen LogP contribution in [0.1, 0.15) is 31.7 Å². The first-order valence-corrected chi connectivity index (χ1v) is 8.53. The average molecular weight is 356 g/mol. The van der Waals surface area contributed by atoms with Gasteiger partial charge in [-0.1, -0.05) is 18.2 Å². The fraction of sp³-hybridized carbons (Fsp3) is 0.368. The molecule has 1 aromatic carbocycles. The molecule has 1 heterocycles. The summed E-state index contributed by atoms with van der Waals surface area (Å²) in [5, 5.41) is 14.2. The maximum Gasteiger partial charge on any atom is 0.336 e. The van der Waals surface area contributed by atoms with Crippen molar-refractivity contribution in [2.75, 3.05) is 6.61 Å². The van der Waals surface area contributed by atoms with E-state index in [1.807, 2.05) is 6.08 Å². The molecule has 0 bridgehead atoms. The number of nitro benzene ring substituents is 1. The highest BCUT2D eigenvalue weighted by Crippen LogP contribution is 2.42. The predicted octanol–water partition coefficient (Wildman–Crippen LogP) is 2.63. The van der Waals surface area contributed by atoms with Crippen LogP contribution >= 0.6 is 0 Å². The fourth-order valence-electron chi connectivity index (χ4n) is 3.77. The van der Waals surface area contributed by atoms with Gasteiger partial charge in [0.05, 0.1) is 23.0 Å². The molecule has 1 aromatic rings. The molecule has 0 amide bonds. The summed E-state index contributed by atoms with van der Waals surface area (Å²) in [6.07, 6.45) is 4.05. The van der Waals surface area contributed by atoms with Crippen LogP contribution in [-0.2, 0) is 14.3 Å². The average Bonchev–Trinajstić information content (AvgIpc) is 2.61. The quantitative estimate of drug-likeness (QED) is 0.506. The summed E-state index contributed by atoms with van der Waals surface area (Å²) in [5.74, 6) is -1.49. The van der Waals surface area contributed by atoms with Gasteiger partial charge in [0.25, 0.3) is 5.69 Å². The van der Waals surface area contributed by atoms with Crippen LogP contribution < -0.4 is 5.32 Å². The molecule has 0 fully saturated rings. The topological polar surface area (TPSA) is 98.5 Å². The Kier molecular flexibility index (Phi) is 4.88. The Hall–Kier alpha value is -2.96. The van der Waals surface area contributed by atoms with E-state index in [-0.39, 0.29) is 24.1 Å². The fourth-order valence-corrected chi connectivity index (χ4v) is 3.77. The Balaban J connectivity index is 2.11. The van der Waals surface area contributed by atoms with E-state index in [9.17, 15) is 19.7 Å². The zero-order chi connectivity index (χ0) is 18.8. The third-order valence-corrected chi connectivity index (χ3v) is 4.87. The van der Waals surface area contributed by atoms with E-state index in [0.29, 0.717) is 23.3 Å². The number of carbonyl (C=O) groups is 2. The zero-order valence-electron chi connectivity index (χ0n) is 14.6. The molecule has 0 unspecified atom stereocenters. The number of nitro groups is 1. The van der Waals surface area contributed by atoms with Crippen LogP contribution in [0.15, 0.2) is 47.7 Å². The Morgan fingerprint density at radius 2 is 2.04 bits per heavy atom. The van der Waals surface area contributed by atoms with Crippen molar-refractivity contribution >= 4 is 17.4 Å². The van der Waals surface area contributed by atoms with Crippen LogP contribution in [-0.4, -0.2) is 29.3 Å². The maximum absolute atomic E-state index is 12.6. The lowest BCUT2D eigenvalue weighted by Gasteiger charge is -2.41. The van der Waals surface area contributed by atoms with Crippen LogP contribution in [0.5, 0.6) is 0 Å². The minimum absolute atomic E-state index is 0.0347. The van der Waals surface area contributed by atoms with Gasteiger partial charge in [0.2, 0.25) is 0 Å². The number of rotatable bonds is 4. The van der Waals surface area contributed by atoms with Gasteiger partial charge in [-0.25, -0.2) is 4.79 Å². The third-order valence-electron chi connectivity index (χ3n) is 4.87. The molecule has 0 spiro atoms. The molecule has 0 radical (unpaired) electrons. The zero-order valence-corrected chi connectivity index (χ0v) is 14.6. The Morgan fingerprint density at radius 1 is 1.35 bits per heavy atom. The van der Waals surface area contributed by atoms with E-state index < -0.39 is 22.7 Å². The summed E-state index contributed by atoms with van der Waals surface area (Å²) in [6, 6.07) is 5.90. The second-order valence-corrected chi connectivity index (χ2v) is 6.40. The lowest BCUT2D eigenvalue weighted by molar-refractivity contribution is -0.384. The van der Waals surface area contributed by atoms with E-state index in [1.165, 1.54) is 12.1 Å². The lowest BCUT2D eigenvalue weighted by Crippen LogP contribution is -2.49. The van der Waals surface area contributed by atoms with Gasteiger partial charge < -0.3 is 10.1 Å². The highest BCUT2D eigenvalue weighted by Gasteiger charge is 2.45. The van der Waals surface area contributed by atoms with Gasteiger partial charge in [0, 0.05) is 29.8 Å². The Morgan fingerprint density at radius 3 is 2.65 bits per heavy atom. The second kappa shape index (κ2) is 7.11. The number of fused-ring (bicyclic) bond motifs is 1. The van der Waals surface area contributed by atoms with Gasteiger partial charge in [0.15, 0.2) is 5.78 Å². The summed E-state index contributed by atoms with van der Waals surface area (Å²) < 4.78 is 5.21. The summed E-state index contributed by atoms with van der Waals surface area (Å²) in [5.41, 5.74) is 1.74. The first-order valence-electron chi connectivity index (χ1n) is 8.53. The van der Waals surface area contributed by atoms with Gasteiger partial charge in [0.1, 0.15) is 0 Å². The summed E-state index contributed by atoms with van der Waals surface area (Å²) in [6.45, 7) is 3.75. The molecule has 3 atom stereocenters. The van der Waals surface area contributed by atoms with E-state index in [4.69, 9.17) is 4.74 Å². The van der Waals surface area contributed by atoms with Gasteiger partial charge in [-0.2, -0.15) is 0 Å². The molecule has 0 aromatic heterocycles. The van der Waals surface area contributed by atoms with Gasteiger partial charge in [-0.05, 0) is 31.9 Å². The van der Waals surface area contributed by atoms with E-state index >= 15 is 0 Å². The first kappa shape index (κ1) is 17.8. The van der Waals surface area contributed by atoms with Crippen molar-refractivity contribution in [3.8, 4) is 0 Å². The van der Waals surface area contributed by atoms with Crippen molar-refractivity contribution in [1.29, 1.82) is 0 Å². The molecule has 0 saturated heterocycles. The Bertz CT molecular complexity index is 810. The summed E-state index contributed by atoms with van der Waals surface area (Å²) >= 11 is 0. The van der Waals surface area contributed by atoms with Gasteiger partial charge in [-0.3, -0.25) is 14.9 Å². The highest BCUT2D eigenvalue weighted by atomic mass is 16.6. The second-order valence-electron chi connectivity index (χ2n) is 6.40. The number of nitrogens with one attached hydrogen (secondary N) is 1. The number of ether oxygens (including phenoxy) is 1. The van der Waals surface area contributed by atoms with E-state index in [1.54, 1.807) is 32.1 Å². The molecule has 1 aliphatic carbocycles. The molecule has 1 N–H and O–H groups in total. The number of non-ortho nitro benzene ring substituents is 1. The van der Waals surface area contributed by atoms with Crippen LogP contribution in [0.25, 0.3) is 0 Å². The largest absolute Gasteiger partial charge is 0.463 e. The molecule has 3 rings (SSSR count). The van der Waals surface area contributed by atoms with Crippen molar-refractivity contribution < 1.29 is 19.2 Å². The number of benzene rings is 1. The van der Waals surface area contributed by atoms with Crippen molar-refractivity contribution in [1.82, 2.24) is 5.32 Å². The number of carbonyl (C=O) groups excluding carboxylic acids is 2. The number of nitrogens with zero attached hydrogens (tertiary/aromatic N) is 1. The predicted molar refractivity (Wildman–Crippen MR) is 94.3 cm³/mol. The number of hydrogen-bond donors (Lipinski definition) is 1. The highest BCUT2D eigenvalue weighted by molar-refractivity contribution is 5.98. The van der Waals surface area contributed by atoms with Crippen LogP contribution in [0, 0.1) is 16.0 Å². The van der Waals surface area contributed by atoms with Crippen LogP contribution in [0.4, 0.5) is 5.69 Å². The molecule has 136 valence electrons. The molecule has 7 heteroatoms. The summed E-state index contributed by atoms with van der Waals surface area (Å²) in [7, 11) is 0. The monoisotopic (exact) mass is 356 g/mol. The Labute approximate surface area is 150 Å². The number of hydrogen-bond acceptors (Lipinski definition) is 6. The minimum atomic E-state index is -0.501. The van der Waals surface area contributed by atoms with Crippen LogP contribution in [0.3, 0.4) is 0 Å². The lowest BCUT2D eigenvalue weighted by atomic mass is 9.69. The third kappa shape index (κ3) is 3.12. The molecule has 0 saturated carbocycles. The molecule has 26 heavy (non-hydrogen) atoms. The molecule has 7 nitrogen and oxygen atoms in total. The standard InChI is InChI=1S/C19H20N2O5/c1-3-26-19(23)16-11(2)20-14-5-4-6-15(22)18(14)17(16)12-7-9-13(10-8-12)21(24)25/h4,6-10,14,17-18,20H,3,5H2,1-2H3/t14-,17+,18-/m1/s1. The van der Waals surface area contributed by atoms with Gasteiger partial charge in [-0.15, -0.1) is 0 Å². The molecule has 2 aliphatic rings. The first-order chi connectivity index (χ1) is 12.4. The summed E-state index contributed by atoms with van der Waals surface area (Å²) in [4.78, 5) is 35.7. The number of ketones is 1.